The van der Waals surface area contributed by atoms with Crippen molar-refractivity contribution in [1.29, 1.82) is 0 Å². The third-order valence-corrected chi connectivity index (χ3v) is 3.87. The summed E-state index contributed by atoms with van der Waals surface area (Å²) in [6.07, 6.45) is 1.83. The summed E-state index contributed by atoms with van der Waals surface area (Å²) in [6.45, 7) is 2.54. The predicted molar refractivity (Wildman–Crippen MR) is 68.5 cm³/mol. The van der Waals surface area contributed by atoms with Crippen LogP contribution in [0, 0.1) is 5.92 Å². The van der Waals surface area contributed by atoms with Crippen LogP contribution < -0.4 is 5.32 Å². The zero-order chi connectivity index (χ0) is 14.0. The van der Waals surface area contributed by atoms with Gasteiger partial charge in [-0.15, -0.1) is 0 Å². The molecule has 1 aliphatic heterocycles. The van der Waals surface area contributed by atoms with E-state index >= 15 is 0 Å². The Kier molecular flexibility index (Phi) is 4.42. The van der Waals surface area contributed by atoms with E-state index in [9.17, 15) is 9.59 Å². The summed E-state index contributed by atoms with van der Waals surface area (Å²) >= 11 is 0. The summed E-state index contributed by atoms with van der Waals surface area (Å²) in [5, 5.41) is 2.83. The molecule has 0 aromatic carbocycles. The average Bonchev–Trinajstić information content (AvgIpc) is 3.22. The van der Waals surface area contributed by atoms with E-state index in [2.05, 4.69) is 5.32 Å². The Labute approximate surface area is 113 Å². The summed E-state index contributed by atoms with van der Waals surface area (Å²) in [4.78, 5) is 26.0. The molecule has 2 amide bonds. The fourth-order valence-electron chi connectivity index (χ4n) is 2.44. The van der Waals surface area contributed by atoms with Crippen LogP contribution >= 0.6 is 0 Å². The normalized spacial score (nSPS) is 29.3. The van der Waals surface area contributed by atoms with Crippen LogP contribution in [0.15, 0.2) is 0 Å². The number of piperazine rings is 1. The van der Waals surface area contributed by atoms with Crippen molar-refractivity contribution in [2.24, 2.45) is 5.92 Å². The van der Waals surface area contributed by atoms with Gasteiger partial charge in [-0.1, -0.05) is 0 Å². The maximum Gasteiger partial charge on any atom is 0.246 e. The Morgan fingerprint density at radius 2 is 2.05 bits per heavy atom. The van der Waals surface area contributed by atoms with Gasteiger partial charge in [0.05, 0.1) is 12.7 Å². The van der Waals surface area contributed by atoms with Gasteiger partial charge in [-0.2, -0.15) is 0 Å². The fraction of sp³-hybridized carbons (Fsp3) is 0.846. The number of rotatable bonds is 6. The van der Waals surface area contributed by atoms with Crippen LogP contribution in [0.5, 0.6) is 0 Å². The molecule has 0 bridgehead atoms. The second-order valence-corrected chi connectivity index (χ2v) is 5.30. The Morgan fingerprint density at radius 3 is 2.58 bits per heavy atom. The molecule has 3 atom stereocenters. The number of amides is 2. The molecule has 6 heteroatoms. The monoisotopic (exact) mass is 270 g/mol. The molecule has 0 aromatic rings. The van der Waals surface area contributed by atoms with Crippen molar-refractivity contribution in [3.05, 3.63) is 0 Å². The molecule has 1 heterocycles. The maximum atomic E-state index is 12.4. The number of nitrogens with zero attached hydrogens (tertiary/aromatic N) is 1. The fourth-order valence-corrected chi connectivity index (χ4v) is 2.44. The lowest BCUT2D eigenvalue weighted by Gasteiger charge is -2.38. The highest BCUT2D eigenvalue weighted by Gasteiger charge is 2.45. The van der Waals surface area contributed by atoms with Crippen molar-refractivity contribution in [3.63, 3.8) is 0 Å². The molecule has 1 aliphatic carbocycles. The van der Waals surface area contributed by atoms with Crippen LogP contribution in [0.4, 0.5) is 0 Å². The summed E-state index contributed by atoms with van der Waals surface area (Å²) in [5.41, 5.74) is 0. The third-order valence-electron chi connectivity index (χ3n) is 3.87. The molecule has 3 unspecified atom stereocenters. The minimum absolute atomic E-state index is 0.00718. The van der Waals surface area contributed by atoms with E-state index in [1.165, 1.54) is 0 Å². The maximum absolute atomic E-state index is 12.4. The lowest BCUT2D eigenvalue weighted by molar-refractivity contribution is -0.151. The van der Waals surface area contributed by atoms with Crippen molar-refractivity contribution in [1.82, 2.24) is 10.2 Å². The molecule has 0 spiro atoms. The van der Waals surface area contributed by atoms with Crippen LogP contribution in [0.25, 0.3) is 0 Å². The number of ether oxygens (including phenoxy) is 2. The van der Waals surface area contributed by atoms with Crippen LogP contribution in [0.2, 0.25) is 0 Å². The average molecular weight is 270 g/mol. The second kappa shape index (κ2) is 5.88. The van der Waals surface area contributed by atoms with Gasteiger partial charge in [-0.3, -0.25) is 9.59 Å². The molecule has 1 saturated carbocycles. The number of carbonyl (C=O) groups excluding carboxylic acids is 2. The van der Waals surface area contributed by atoms with Gasteiger partial charge in [0.15, 0.2) is 0 Å². The highest BCUT2D eigenvalue weighted by molar-refractivity contribution is 5.97. The highest BCUT2D eigenvalue weighted by Crippen LogP contribution is 2.35. The summed E-state index contributed by atoms with van der Waals surface area (Å²) < 4.78 is 10.3. The number of carbonyl (C=O) groups is 2. The van der Waals surface area contributed by atoms with Gasteiger partial charge in [-0.25, -0.2) is 0 Å². The lowest BCUT2D eigenvalue weighted by Crippen LogP contribution is -2.64. The van der Waals surface area contributed by atoms with Gasteiger partial charge < -0.3 is 19.7 Å². The molecule has 2 fully saturated rings. The van der Waals surface area contributed by atoms with E-state index in [1.54, 1.807) is 26.0 Å². The molecule has 108 valence electrons. The first kappa shape index (κ1) is 14.3. The van der Waals surface area contributed by atoms with Gasteiger partial charge in [0.2, 0.25) is 11.8 Å². The second-order valence-electron chi connectivity index (χ2n) is 5.30. The zero-order valence-electron chi connectivity index (χ0n) is 11.7. The minimum atomic E-state index is -0.447. The summed E-state index contributed by atoms with van der Waals surface area (Å²) in [6, 6.07) is -0.791. The minimum Gasteiger partial charge on any atom is -0.382 e. The first-order chi connectivity index (χ1) is 9.08. The summed E-state index contributed by atoms with van der Waals surface area (Å²) in [7, 11) is 3.18. The third kappa shape index (κ3) is 3.06. The van der Waals surface area contributed by atoms with Gasteiger partial charge in [0.1, 0.15) is 12.1 Å². The lowest BCUT2D eigenvalue weighted by atomic mass is 10.0. The van der Waals surface area contributed by atoms with Gasteiger partial charge in [0.25, 0.3) is 0 Å². The molecular weight excluding hydrogens is 248 g/mol. The van der Waals surface area contributed by atoms with E-state index < -0.39 is 6.04 Å². The van der Waals surface area contributed by atoms with Gasteiger partial charge in [-0.05, 0) is 25.7 Å². The standard InChI is InChI=1S/C13H22N2O4/c1-8-12(16)14-11(9-4-5-9)13(17)15(8)6-10(19-3)7-18-2/h8-11H,4-7H2,1-3H3,(H,14,16). The van der Waals surface area contributed by atoms with Crippen LogP contribution in [-0.2, 0) is 19.1 Å². The van der Waals surface area contributed by atoms with Crippen molar-refractivity contribution in [3.8, 4) is 0 Å². The van der Waals surface area contributed by atoms with E-state index in [4.69, 9.17) is 9.47 Å². The SMILES string of the molecule is COCC(CN1C(=O)C(C2CC2)NC(=O)C1C)OC. The number of hydrogen-bond donors (Lipinski definition) is 1. The number of hydrogen-bond acceptors (Lipinski definition) is 4. The highest BCUT2D eigenvalue weighted by atomic mass is 16.5. The number of nitrogens with one attached hydrogen (secondary N) is 1. The first-order valence-corrected chi connectivity index (χ1v) is 6.71. The van der Waals surface area contributed by atoms with Gasteiger partial charge >= 0.3 is 0 Å². The molecule has 2 aliphatic rings. The topological polar surface area (TPSA) is 67.9 Å². The van der Waals surface area contributed by atoms with E-state index in [-0.39, 0.29) is 24.0 Å². The largest absolute Gasteiger partial charge is 0.382 e. The Balaban J connectivity index is 2.06. The number of methoxy groups -OCH3 is 2. The molecule has 19 heavy (non-hydrogen) atoms. The van der Waals surface area contributed by atoms with Gasteiger partial charge in [0, 0.05) is 20.8 Å². The predicted octanol–water partition coefficient (Wildman–Crippen LogP) is -0.227. The molecular formula is C13H22N2O4. The molecule has 1 N–H and O–H groups in total. The van der Waals surface area contributed by atoms with Crippen LogP contribution in [0.3, 0.4) is 0 Å². The van der Waals surface area contributed by atoms with Crippen LogP contribution in [0.1, 0.15) is 19.8 Å². The van der Waals surface area contributed by atoms with Crippen molar-refractivity contribution in [2.45, 2.75) is 38.0 Å². The van der Waals surface area contributed by atoms with E-state index in [0.29, 0.717) is 19.1 Å². The summed E-state index contributed by atoms with van der Waals surface area (Å²) in [5.74, 6) is 0.242. The van der Waals surface area contributed by atoms with Crippen molar-refractivity contribution in [2.75, 3.05) is 27.4 Å². The smallest absolute Gasteiger partial charge is 0.246 e. The van der Waals surface area contributed by atoms with E-state index in [0.717, 1.165) is 12.8 Å². The van der Waals surface area contributed by atoms with Crippen LogP contribution in [-0.4, -0.2) is 62.3 Å². The van der Waals surface area contributed by atoms with Crippen molar-refractivity contribution >= 4 is 11.8 Å². The molecule has 0 aromatic heterocycles. The molecule has 6 nitrogen and oxygen atoms in total. The van der Waals surface area contributed by atoms with E-state index in [1.807, 2.05) is 0 Å². The Hall–Kier alpha value is -1.14. The molecule has 0 radical (unpaired) electrons. The quantitative estimate of drug-likeness (QED) is 0.724. The zero-order valence-corrected chi connectivity index (χ0v) is 11.7. The Bertz CT molecular complexity index is 357. The van der Waals surface area contributed by atoms with Crippen molar-refractivity contribution < 1.29 is 19.1 Å². The molecule has 2 rings (SSSR count). The Morgan fingerprint density at radius 1 is 1.37 bits per heavy atom. The molecule has 1 saturated heterocycles. The first-order valence-electron chi connectivity index (χ1n) is 6.71.